The second-order valence-electron chi connectivity index (χ2n) is 3.10. The molecule has 0 fully saturated rings. The zero-order valence-corrected chi connectivity index (χ0v) is 10.7. The minimum atomic E-state index is 0.258. The number of halogens is 1. The molecule has 0 amide bonds. The van der Waals surface area contributed by atoms with Crippen molar-refractivity contribution < 1.29 is 9.15 Å². The predicted molar refractivity (Wildman–Crippen MR) is 64.2 cm³/mol. The van der Waals surface area contributed by atoms with E-state index in [9.17, 15) is 0 Å². The SMILES string of the molecule is CCOC(C)CNCc1ccc(I)o1. The van der Waals surface area contributed by atoms with Gasteiger partial charge in [-0.25, -0.2) is 0 Å². The Balaban J connectivity index is 2.15. The topological polar surface area (TPSA) is 34.4 Å². The molecular formula is C10H16INO2. The van der Waals surface area contributed by atoms with Gasteiger partial charge in [0.05, 0.1) is 12.6 Å². The van der Waals surface area contributed by atoms with Gasteiger partial charge in [-0.1, -0.05) is 0 Å². The molecule has 14 heavy (non-hydrogen) atoms. The van der Waals surface area contributed by atoms with Gasteiger partial charge >= 0.3 is 0 Å². The average Bonchev–Trinajstić information content (AvgIpc) is 2.52. The first-order valence-corrected chi connectivity index (χ1v) is 5.86. The summed E-state index contributed by atoms with van der Waals surface area (Å²) in [7, 11) is 0. The lowest BCUT2D eigenvalue weighted by Gasteiger charge is -2.11. The summed E-state index contributed by atoms with van der Waals surface area (Å²) in [5.41, 5.74) is 0. The van der Waals surface area contributed by atoms with E-state index >= 15 is 0 Å². The second kappa shape index (κ2) is 6.42. The molecule has 1 unspecified atom stereocenters. The van der Waals surface area contributed by atoms with Crippen LogP contribution < -0.4 is 5.32 Å². The lowest BCUT2D eigenvalue weighted by molar-refractivity contribution is 0.0756. The van der Waals surface area contributed by atoms with E-state index in [1.54, 1.807) is 0 Å². The molecule has 0 aromatic carbocycles. The van der Waals surface area contributed by atoms with Crippen molar-refractivity contribution in [3.63, 3.8) is 0 Å². The zero-order valence-electron chi connectivity index (χ0n) is 8.55. The summed E-state index contributed by atoms with van der Waals surface area (Å²) in [5.74, 6) is 0.970. The van der Waals surface area contributed by atoms with E-state index in [1.807, 2.05) is 19.1 Å². The predicted octanol–water partition coefficient (Wildman–Crippen LogP) is 2.40. The molecule has 4 heteroatoms. The fourth-order valence-electron chi connectivity index (χ4n) is 1.19. The number of hydrogen-bond donors (Lipinski definition) is 1. The molecule has 0 radical (unpaired) electrons. The summed E-state index contributed by atoms with van der Waals surface area (Å²) >= 11 is 2.16. The van der Waals surface area contributed by atoms with Crippen LogP contribution >= 0.6 is 22.6 Å². The maximum absolute atomic E-state index is 5.41. The summed E-state index contributed by atoms with van der Waals surface area (Å²) in [4.78, 5) is 0. The first kappa shape index (κ1) is 12.0. The first-order valence-electron chi connectivity index (χ1n) is 4.79. The Hall–Kier alpha value is -0.0700. The highest BCUT2D eigenvalue weighted by atomic mass is 127. The van der Waals surface area contributed by atoms with Gasteiger partial charge in [0.25, 0.3) is 0 Å². The summed E-state index contributed by atoms with van der Waals surface area (Å²) in [6.45, 7) is 6.45. The molecule has 1 N–H and O–H groups in total. The van der Waals surface area contributed by atoms with Gasteiger partial charge in [-0.2, -0.15) is 0 Å². The van der Waals surface area contributed by atoms with Crippen LogP contribution in [0.15, 0.2) is 16.5 Å². The monoisotopic (exact) mass is 309 g/mol. The van der Waals surface area contributed by atoms with Crippen molar-refractivity contribution in [1.82, 2.24) is 5.32 Å². The Morgan fingerprint density at radius 2 is 2.36 bits per heavy atom. The molecule has 0 saturated carbocycles. The fraction of sp³-hybridized carbons (Fsp3) is 0.600. The number of hydrogen-bond acceptors (Lipinski definition) is 3. The molecule has 1 rings (SSSR count). The second-order valence-corrected chi connectivity index (χ2v) is 4.17. The fourth-order valence-corrected chi connectivity index (χ4v) is 1.65. The van der Waals surface area contributed by atoms with Gasteiger partial charge in [-0.05, 0) is 48.6 Å². The summed E-state index contributed by atoms with van der Waals surface area (Å²) in [6, 6.07) is 3.95. The van der Waals surface area contributed by atoms with Gasteiger partial charge in [0.2, 0.25) is 0 Å². The van der Waals surface area contributed by atoms with Gasteiger partial charge in [0.1, 0.15) is 5.76 Å². The van der Waals surface area contributed by atoms with E-state index in [1.165, 1.54) is 0 Å². The van der Waals surface area contributed by atoms with Crippen molar-refractivity contribution in [2.45, 2.75) is 26.5 Å². The summed E-state index contributed by atoms with van der Waals surface area (Å²) in [5, 5.41) is 3.28. The third-order valence-corrected chi connectivity index (χ3v) is 2.39. The van der Waals surface area contributed by atoms with Crippen molar-refractivity contribution in [3.05, 3.63) is 21.7 Å². The van der Waals surface area contributed by atoms with E-state index in [0.29, 0.717) is 0 Å². The molecule has 0 aliphatic carbocycles. The maximum atomic E-state index is 5.41. The van der Waals surface area contributed by atoms with Crippen LogP contribution in [-0.2, 0) is 11.3 Å². The highest BCUT2D eigenvalue weighted by molar-refractivity contribution is 14.1. The summed E-state index contributed by atoms with van der Waals surface area (Å²) in [6.07, 6.45) is 0.258. The van der Waals surface area contributed by atoms with E-state index < -0.39 is 0 Å². The highest BCUT2D eigenvalue weighted by Crippen LogP contribution is 2.09. The Labute approximate surface area is 98.3 Å². The van der Waals surface area contributed by atoms with Crippen LogP contribution in [0.5, 0.6) is 0 Å². The molecule has 0 bridgehead atoms. The van der Waals surface area contributed by atoms with E-state index in [2.05, 4.69) is 34.8 Å². The van der Waals surface area contributed by atoms with Crippen molar-refractivity contribution in [2.75, 3.05) is 13.2 Å². The third kappa shape index (κ3) is 4.43. The molecule has 1 heterocycles. The summed E-state index contributed by atoms with van der Waals surface area (Å²) < 4.78 is 11.7. The molecule has 0 aliphatic rings. The maximum Gasteiger partial charge on any atom is 0.164 e. The molecule has 1 aromatic heterocycles. The van der Waals surface area contributed by atoms with E-state index in [0.717, 1.165) is 29.2 Å². The van der Waals surface area contributed by atoms with Crippen LogP contribution in [0, 0.1) is 3.77 Å². The van der Waals surface area contributed by atoms with Crippen molar-refractivity contribution in [3.8, 4) is 0 Å². The molecule has 0 saturated heterocycles. The van der Waals surface area contributed by atoms with Gasteiger partial charge in [0.15, 0.2) is 3.77 Å². The van der Waals surface area contributed by atoms with Crippen LogP contribution in [0.25, 0.3) is 0 Å². The average molecular weight is 309 g/mol. The van der Waals surface area contributed by atoms with Gasteiger partial charge < -0.3 is 14.5 Å². The molecule has 1 aromatic rings. The van der Waals surface area contributed by atoms with Crippen molar-refractivity contribution in [2.24, 2.45) is 0 Å². The molecule has 1 atom stereocenters. The minimum absolute atomic E-state index is 0.258. The minimum Gasteiger partial charge on any atom is -0.454 e. The number of rotatable bonds is 6. The first-order chi connectivity index (χ1) is 6.72. The van der Waals surface area contributed by atoms with Crippen molar-refractivity contribution in [1.29, 1.82) is 0 Å². The molecule has 0 aliphatic heterocycles. The van der Waals surface area contributed by atoms with Gasteiger partial charge in [-0.15, -0.1) is 0 Å². The Morgan fingerprint density at radius 3 is 2.93 bits per heavy atom. The van der Waals surface area contributed by atoms with Crippen LogP contribution in [0.1, 0.15) is 19.6 Å². The lowest BCUT2D eigenvalue weighted by atomic mass is 10.4. The zero-order chi connectivity index (χ0) is 10.4. The number of furan rings is 1. The van der Waals surface area contributed by atoms with Crippen LogP contribution in [0.4, 0.5) is 0 Å². The van der Waals surface area contributed by atoms with Gasteiger partial charge in [0, 0.05) is 13.2 Å². The quantitative estimate of drug-likeness (QED) is 0.820. The molecule has 80 valence electrons. The van der Waals surface area contributed by atoms with Crippen LogP contribution in [-0.4, -0.2) is 19.3 Å². The lowest BCUT2D eigenvalue weighted by Crippen LogP contribution is -2.26. The van der Waals surface area contributed by atoms with Crippen molar-refractivity contribution >= 4 is 22.6 Å². The Bertz CT molecular complexity index is 262. The Kier molecular flexibility index (Phi) is 5.50. The Morgan fingerprint density at radius 1 is 1.57 bits per heavy atom. The third-order valence-electron chi connectivity index (χ3n) is 1.81. The largest absolute Gasteiger partial charge is 0.454 e. The van der Waals surface area contributed by atoms with E-state index in [4.69, 9.17) is 9.15 Å². The molecule has 3 nitrogen and oxygen atoms in total. The number of ether oxygens (including phenoxy) is 1. The molecular weight excluding hydrogens is 293 g/mol. The van der Waals surface area contributed by atoms with Gasteiger partial charge in [-0.3, -0.25) is 0 Å². The number of nitrogens with one attached hydrogen (secondary N) is 1. The standard InChI is InChI=1S/C10H16INO2/c1-3-13-8(2)6-12-7-9-4-5-10(11)14-9/h4-5,8,12H,3,6-7H2,1-2H3. The van der Waals surface area contributed by atoms with E-state index in [-0.39, 0.29) is 6.10 Å². The molecule has 0 spiro atoms. The smallest absolute Gasteiger partial charge is 0.164 e. The van der Waals surface area contributed by atoms with Crippen LogP contribution in [0.2, 0.25) is 0 Å². The normalized spacial score (nSPS) is 13.1. The van der Waals surface area contributed by atoms with Crippen LogP contribution in [0.3, 0.4) is 0 Å². The highest BCUT2D eigenvalue weighted by Gasteiger charge is 2.02.